The molecule has 10 rings (SSSR count). The second-order valence-electron chi connectivity index (χ2n) is 12.5. The van der Waals surface area contributed by atoms with Gasteiger partial charge in [0.25, 0.3) is 0 Å². The van der Waals surface area contributed by atoms with Gasteiger partial charge in [-0.2, -0.15) is 0 Å². The minimum Gasteiger partial charge on any atom is -0.307 e. The fourth-order valence-electron chi connectivity index (χ4n) is 7.09. The van der Waals surface area contributed by atoms with Gasteiger partial charge in [-0.25, -0.2) is 15.0 Å². The average Bonchev–Trinajstić information content (AvgIpc) is 3.52. The first kappa shape index (κ1) is 28.6. The van der Waals surface area contributed by atoms with Crippen LogP contribution in [0.1, 0.15) is 0 Å². The molecule has 50 heavy (non-hydrogen) atoms. The number of hydrogen-bond donors (Lipinski definition) is 0. The quantitative estimate of drug-likeness (QED) is 0.189. The zero-order valence-electron chi connectivity index (χ0n) is 26.9. The smallest absolute Gasteiger partial charge is 0.164 e. The second-order valence-corrected chi connectivity index (χ2v) is 13.5. The highest BCUT2D eigenvalue weighted by Gasteiger charge is 2.16. The van der Waals surface area contributed by atoms with E-state index in [1.54, 1.807) is 0 Å². The summed E-state index contributed by atoms with van der Waals surface area (Å²) in [7, 11) is 0. The van der Waals surface area contributed by atoms with Gasteiger partial charge in [0.05, 0.1) is 21.3 Å². The molecular formula is C45H28N4S. The number of benzene rings is 7. The molecule has 0 saturated heterocycles. The van der Waals surface area contributed by atoms with E-state index in [-0.39, 0.29) is 0 Å². The van der Waals surface area contributed by atoms with Crippen LogP contribution < -0.4 is 0 Å². The molecule has 3 heterocycles. The Morgan fingerprint density at radius 3 is 1.52 bits per heavy atom. The zero-order chi connectivity index (χ0) is 33.0. The first-order valence-corrected chi connectivity index (χ1v) is 17.5. The van der Waals surface area contributed by atoms with Crippen LogP contribution in [0.25, 0.3) is 92.8 Å². The van der Waals surface area contributed by atoms with Gasteiger partial charge in [0, 0.05) is 42.9 Å². The molecule has 10 aromatic rings. The van der Waals surface area contributed by atoms with Crippen LogP contribution in [0, 0.1) is 0 Å². The lowest BCUT2D eigenvalue weighted by Crippen LogP contribution is -2.00. The summed E-state index contributed by atoms with van der Waals surface area (Å²) in [6.07, 6.45) is 0. The van der Waals surface area contributed by atoms with Crippen molar-refractivity contribution in [2.24, 2.45) is 0 Å². The van der Waals surface area contributed by atoms with Crippen LogP contribution in [0.15, 0.2) is 170 Å². The van der Waals surface area contributed by atoms with E-state index < -0.39 is 0 Å². The Morgan fingerprint density at radius 1 is 0.340 bits per heavy atom. The minimum atomic E-state index is 0.651. The molecule has 0 bridgehead atoms. The van der Waals surface area contributed by atoms with E-state index in [9.17, 15) is 0 Å². The highest BCUT2D eigenvalue weighted by molar-refractivity contribution is 7.24. The van der Waals surface area contributed by atoms with Crippen molar-refractivity contribution in [2.45, 2.75) is 0 Å². The van der Waals surface area contributed by atoms with E-state index in [1.165, 1.54) is 47.5 Å². The van der Waals surface area contributed by atoms with E-state index in [0.29, 0.717) is 17.5 Å². The maximum Gasteiger partial charge on any atom is 0.164 e. The van der Waals surface area contributed by atoms with Crippen molar-refractivity contribution < 1.29 is 0 Å². The molecule has 0 aliphatic heterocycles. The first-order chi connectivity index (χ1) is 24.8. The summed E-state index contributed by atoms with van der Waals surface area (Å²) in [4.78, 5) is 14.7. The molecule has 5 heteroatoms. The topological polar surface area (TPSA) is 43.1 Å². The summed E-state index contributed by atoms with van der Waals surface area (Å²) < 4.78 is 4.98. The summed E-state index contributed by atoms with van der Waals surface area (Å²) in [5, 5.41) is 5.01. The maximum absolute atomic E-state index is 4.93. The van der Waals surface area contributed by atoms with Crippen molar-refractivity contribution in [3.63, 3.8) is 0 Å². The molecule has 0 amide bonds. The van der Waals surface area contributed by atoms with Crippen LogP contribution in [0.4, 0.5) is 0 Å². The predicted octanol–water partition coefficient (Wildman–Crippen LogP) is 12.0. The Kier molecular flexibility index (Phi) is 6.64. The number of nitrogens with zero attached hydrogens (tertiary/aromatic N) is 4. The van der Waals surface area contributed by atoms with E-state index in [4.69, 9.17) is 15.0 Å². The fourth-order valence-corrected chi connectivity index (χ4v) is 8.17. The third-order valence-electron chi connectivity index (χ3n) is 9.47. The third-order valence-corrected chi connectivity index (χ3v) is 10.6. The van der Waals surface area contributed by atoms with E-state index in [0.717, 1.165) is 27.8 Å². The van der Waals surface area contributed by atoms with Gasteiger partial charge < -0.3 is 4.40 Å². The van der Waals surface area contributed by atoms with E-state index in [1.807, 2.05) is 72.0 Å². The van der Waals surface area contributed by atoms with Gasteiger partial charge in [-0.3, -0.25) is 0 Å². The highest BCUT2D eigenvalue weighted by atomic mass is 32.1. The molecule has 0 unspecified atom stereocenters. The van der Waals surface area contributed by atoms with Crippen LogP contribution in [-0.4, -0.2) is 19.4 Å². The molecule has 0 radical (unpaired) electrons. The molecule has 7 aromatic carbocycles. The van der Waals surface area contributed by atoms with Crippen LogP contribution >= 0.6 is 11.3 Å². The molecule has 0 saturated carbocycles. The monoisotopic (exact) mass is 656 g/mol. The maximum atomic E-state index is 4.93. The van der Waals surface area contributed by atoms with Crippen molar-refractivity contribution in [3.05, 3.63) is 170 Å². The molecule has 4 nitrogen and oxygen atoms in total. The number of aromatic nitrogens is 4. The summed E-state index contributed by atoms with van der Waals surface area (Å²) in [5.41, 5.74) is 8.82. The van der Waals surface area contributed by atoms with Crippen LogP contribution in [0.2, 0.25) is 0 Å². The Hall–Kier alpha value is -6.43. The first-order valence-electron chi connectivity index (χ1n) is 16.7. The number of para-hydroxylation sites is 2. The van der Waals surface area contributed by atoms with E-state index >= 15 is 0 Å². The molecule has 0 N–H and O–H groups in total. The predicted molar refractivity (Wildman–Crippen MR) is 209 cm³/mol. The summed E-state index contributed by atoms with van der Waals surface area (Å²) in [6.45, 7) is 0. The molecule has 0 fully saturated rings. The van der Waals surface area contributed by atoms with Crippen molar-refractivity contribution in [2.75, 3.05) is 0 Å². The molecule has 0 aliphatic rings. The normalized spacial score (nSPS) is 11.6. The Labute approximate surface area is 292 Å². The van der Waals surface area contributed by atoms with Gasteiger partial charge in [0.2, 0.25) is 0 Å². The molecule has 0 spiro atoms. The summed E-state index contributed by atoms with van der Waals surface area (Å²) in [6, 6.07) is 59.9. The summed E-state index contributed by atoms with van der Waals surface area (Å²) >= 11 is 1.84. The van der Waals surface area contributed by atoms with Gasteiger partial charge in [-0.15, -0.1) is 11.3 Å². The lowest BCUT2D eigenvalue weighted by Gasteiger charge is -2.09. The standard InChI is InChI=1S/C45H28N4S/c1-3-12-30(13-4-1)43-46-44(31-14-5-2-6-15-31)48-45(47-43)32-24-22-29(23-25-32)33-26-27-38-37(28-33)36-18-11-17-35-34-16-7-9-20-40(34)50-41-21-10-8-19-39(41)49(38)42(35)36/h1-28H. The molecule has 0 aliphatic carbocycles. The SMILES string of the molecule is c1ccc(-c2nc(-c3ccccc3)nc(-c3ccc(-c4ccc5c(c4)c4cccc6c7ccccc7sc7ccccc7n5c64)cc3)n2)cc1. The number of hydrogen-bond acceptors (Lipinski definition) is 4. The Bertz CT molecular complexity index is 2850. The molecular weight excluding hydrogens is 629 g/mol. The second kappa shape index (κ2) is 11.6. The van der Waals surface area contributed by atoms with Crippen molar-refractivity contribution >= 4 is 58.8 Å². The highest BCUT2D eigenvalue weighted by Crippen LogP contribution is 2.39. The lowest BCUT2D eigenvalue weighted by atomic mass is 10.0. The van der Waals surface area contributed by atoms with Gasteiger partial charge in [0.1, 0.15) is 0 Å². The van der Waals surface area contributed by atoms with Gasteiger partial charge >= 0.3 is 0 Å². The Balaban J connectivity index is 1.13. The van der Waals surface area contributed by atoms with Crippen LogP contribution in [0.5, 0.6) is 0 Å². The minimum absolute atomic E-state index is 0.651. The van der Waals surface area contributed by atoms with Crippen LogP contribution in [-0.2, 0) is 0 Å². The largest absolute Gasteiger partial charge is 0.307 e. The fraction of sp³-hybridized carbons (Fsp3) is 0. The Morgan fingerprint density at radius 2 is 0.840 bits per heavy atom. The number of fused-ring (bicyclic) bond motifs is 7. The average molecular weight is 657 g/mol. The summed E-state index contributed by atoms with van der Waals surface area (Å²) in [5.74, 6) is 1.97. The third kappa shape index (κ3) is 4.71. The molecule has 0 atom stereocenters. The van der Waals surface area contributed by atoms with Crippen molar-refractivity contribution in [1.29, 1.82) is 0 Å². The number of rotatable bonds is 4. The molecule has 3 aromatic heterocycles. The van der Waals surface area contributed by atoms with Crippen molar-refractivity contribution in [3.8, 4) is 45.3 Å². The lowest BCUT2D eigenvalue weighted by molar-refractivity contribution is 1.07. The van der Waals surface area contributed by atoms with Gasteiger partial charge in [0.15, 0.2) is 17.5 Å². The molecule has 234 valence electrons. The zero-order valence-corrected chi connectivity index (χ0v) is 27.7. The van der Waals surface area contributed by atoms with Gasteiger partial charge in [-0.1, -0.05) is 140 Å². The van der Waals surface area contributed by atoms with Gasteiger partial charge in [-0.05, 0) is 41.5 Å². The van der Waals surface area contributed by atoms with Crippen molar-refractivity contribution in [1.82, 2.24) is 19.4 Å². The van der Waals surface area contributed by atoms with E-state index in [2.05, 4.69) is 114 Å². The van der Waals surface area contributed by atoms with Crippen LogP contribution in [0.3, 0.4) is 0 Å².